The fourth-order valence-electron chi connectivity index (χ4n) is 3.32. The second-order valence-electron chi connectivity index (χ2n) is 7.08. The van der Waals surface area contributed by atoms with Gasteiger partial charge in [-0.3, -0.25) is 0 Å². The normalized spacial score (nSPS) is 12.2. The first-order valence-electron chi connectivity index (χ1n) is 10.1. The monoisotopic (exact) mass is 342 g/mol. The van der Waals surface area contributed by atoms with E-state index in [-0.39, 0.29) is 6.03 Å². The van der Waals surface area contributed by atoms with E-state index in [0.717, 1.165) is 25.1 Å². The van der Waals surface area contributed by atoms with Gasteiger partial charge in [0.05, 0.1) is 0 Å². The predicted molar refractivity (Wildman–Crippen MR) is 108 cm³/mol. The largest absolute Gasteiger partial charge is 0.338 e. The van der Waals surface area contributed by atoms with Crippen LogP contribution in [0, 0.1) is 0 Å². The third kappa shape index (κ3) is 7.76. The van der Waals surface area contributed by atoms with Gasteiger partial charge in [0.2, 0.25) is 0 Å². The van der Waals surface area contributed by atoms with Crippen LogP contribution in [0.5, 0.6) is 0 Å². The minimum Gasteiger partial charge on any atom is -0.338 e. The van der Waals surface area contributed by atoms with Crippen LogP contribution < -0.4 is 10.6 Å². The Balaban J connectivity index is 1.45. The average molecular weight is 343 g/mol. The summed E-state index contributed by atoms with van der Waals surface area (Å²) in [6, 6.07) is 6.01. The molecule has 2 amide bonds. The summed E-state index contributed by atoms with van der Waals surface area (Å²) in [4.78, 5) is 11.9. The molecule has 0 spiro atoms. The number of urea groups is 1. The maximum Gasteiger partial charge on any atom is 0.319 e. The van der Waals surface area contributed by atoms with E-state index in [0.29, 0.717) is 0 Å². The van der Waals surface area contributed by atoms with E-state index in [2.05, 4.69) is 35.8 Å². The highest BCUT2D eigenvalue weighted by molar-refractivity contribution is 5.89. The van der Waals surface area contributed by atoms with Crippen LogP contribution in [0.2, 0.25) is 0 Å². The molecule has 3 nitrogen and oxygen atoms in total. The van der Waals surface area contributed by atoms with Crippen molar-refractivity contribution < 1.29 is 4.79 Å². The standard InChI is InChI=1S/C22H34N2O/c1-2-3-4-5-6-7-8-9-10-11-17-23-22(25)24-21-16-15-19-13-12-14-20(19)18-21/h12,14-16,18H,2-11,13,17H2,1H3,(H2,23,24,25). The van der Waals surface area contributed by atoms with E-state index < -0.39 is 0 Å². The molecule has 0 unspecified atom stereocenters. The zero-order valence-electron chi connectivity index (χ0n) is 15.8. The van der Waals surface area contributed by atoms with E-state index in [1.165, 1.54) is 68.9 Å². The molecule has 0 heterocycles. The van der Waals surface area contributed by atoms with E-state index in [4.69, 9.17) is 0 Å². The maximum atomic E-state index is 11.9. The Kier molecular flexibility index (Phi) is 9.17. The molecule has 2 N–H and O–H groups in total. The Hall–Kier alpha value is -1.77. The van der Waals surface area contributed by atoms with Crippen LogP contribution in [0.4, 0.5) is 10.5 Å². The molecule has 0 radical (unpaired) electrons. The quantitative estimate of drug-likeness (QED) is 0.430. The van der Waals surface area contributed by atoms with Crippen LogP contribution in [0.1, 0.15) is 82.3 Å². The van der Waals surface area contributed by atoms with Crippen molar-refractivity contribution in [3.63, 3.8) is 0 Å². The summed E-state index contributed by atoms with van der Waals surface area (Å²) < 4.78 is 0. The zero-order valence-corrected chi connectivity index (χ0v) is 15.8. The van der Waals surface area contributed by atoms with Crippen molar-refractivity contribution in [2.45, 2.75) is 77.6 Å². The average Bonchev–Trinajstić information content (AvgIpc) is 3.07. The number of carbonyl (C=O) groups is 1. The van der Waals surface area contributed by atoms with Crippen LogP contribution in [0.15, 0.2) is 24.3 Å². The molecule has 138 valence electrons. The van der Waals surface area contributed by atoms with E-state index in [9.17, 15) is 4.79 Å². The highest BCUT2D eigenvalue weighted by Gasteiger charge is 2.07. The molecule has 0 saturated carbocycles. The molecule has 2 rings (SSSR count). The predicted octanol–water partition coefficient (Wildman–Crippen LogP) is 6.30. The van der Waals surface area contributed by atoms with Gasteiger partial charge in [-0.25, -0.2) is 4.79 Å². The molecule has 25 heavy (non-hydrogen) atoms. The summed E-state index contributed by atoms with van der Waals surface area (Å²) in [5, 5.41) is 5.88. The smallest absolute Gasteiger partial charge is 0.319 e. The first-order valence-corrected chi connectivity index (χ1v) is 10.1. The van der Waals surface area contributed by atoms with Crippen LogP contribution in [-0.2, 0) is 6.42 Å². The van der Waals surface area contributed by atoms with Crippen molar-refractivity contribution in [3.8, 4) is 0 Å². The van der Waals surface area contributed by atoms with Gasteiger partial charge in [-0.15, -0.1) is 0 Å². The van der Waals surface area contributed by atoms with Gasteiger partial charge in [-0.2, -0.15) is 0 Å². The lowest BCUT2D eigenvalue weighted by Crippen LogP contribution is -2.29. The van der Waals surface area contributed by atoms with Gasteiger partial charge in [0.25, 0.3) is 0 Å². The first kappa shape index (κ1) is 19.6. The van der Waals surface area contributed by atoms with E-state index >= 15 is 0 Å². The Bertz CT molecular complexity index is 551. The number of unbranched alkanes of at least 4 members (excludes halogenated alkanes) is 9. The summed E-state index contributed by atoms with van der Waals surface area (Å²) in [7, 11) is 0. The molecular formula is C22H34N2O. The number of rotatable bonds is 12. The van der Waals surface area contributed by atoms with Gasteiger partial charge in [0.15, 0.2) is 0 Å². The highest BCUT2D eigenvalue weighted by atomic mass is 16.2. The second kappa shape index (κ2) is 11.7. The molecule has 0 fully saturated rings. The molecule has 0 aliphatic heterocycles. The lowest BCUT2D eigenvalue weighted by molar-refractivity contribution is 0.252. The molecule has 0 atom stereocenters. The van der Waals surface area contributed by atoms with Gasteiger partial charge >= 0.3 is 6.03 Å². The molecule has 1 aliphatic carbocycles. The van der Waals surface area contributed by atoms with Crippen LogP contribution in [0.25, 0.3) is 6.08 Å². The Morgan fingerprint density at radius 3 is 2.36 bits per heavy atom. The Morgan fingerprint density at radius 2 is 1.64 bits per heavy atom. The lowest BCUT2D eigenvalue weighted by atomic mass is 10.1. The van der Waals surface area contributed by atoms with Crippen molar-refractivity contribution in [3.05, 3.63) is 35.4 Å². The van der Waals surface area contributed by atoms with Crippen molar-refractivity contribution in [1.82, 2.24) is 5.32 Å². The van der Waals surface area contributed by atoms with Gasteiger partial charge in [-0.1, -0.05) is 82.9 Å². The second-order valence-corrected chi connectivity index (χ2v) is 7.08. The van der Waals surface area contributed by atoms with Crippen LogP contribution >= 0.6 is 0 Å². The maximum absolute atomic E-state index is 11.9. The van der Waals surface area contributed by atoms with E-state index in [1.807, 2.05) is 12.1 Å². The number of hydrogen-bond acceptors (Lipinski definition) is 1. The molecule has 1 aromatic rings. The van der Waals surface area contributed by atoms with Crippen LogP contribution in [0.3, 0.4) is 0 Å². The number of allylic oxidation sites excluding steroid dienone is 1. The van der Waals surface area contributed by atoms with Crippen LogP contribution in [-0.4, -0.2) is 12.6 Å². The van der Waals surface area contributed by atoms with E-state index in [1.54, 1.807) is 0 Å². The van der Waals surface area contributed by atoms with Crippen molar-refractivity contribution >= 4 is 17.8 Å². The van der Waals surface area contributed by atoms with Gasteiger partial charge in [0.1, 0.15) is 0 Å². The third-order valence-electron chi connectivity index (χ3n) is 4.85. The fourth-order valence-corrected chi connectivity index (χ4v) is 3.32. The summed E-state index contributed by atoms with van der Waals surface area (Å²) in [5.41, 5.74) is 3.41. The fraction of sp³-hybridized carbons (Fsp3) is 0.591. The first-order chi connectivity index (χ1) is 12.3. The van der Waals surface area contributed by atoms with Gasteiger partial charge < -0.3 is 10.6 Å². The molecular weight excluding hydrogens is 308 g/mol. The van der Waals surface area contributed by atoms with Gasteiger partial charge in [-0.05, 0) is 36.1 Å². The summed E-state index contributed by atoms with van der Waals surface area (Å²) in [6.07, 6.45) is 18.4. The topological polar surface area (TPSA) is 41.1 Å². The number of carbonyl (C=O) groups excluding carboxylic acids is 1. The molecule has 3 heteroatoms. The number of amides is 2. The minimum absolute atomic E-state index is 0.0992. The Labute approximate surface area is 153 Å². The van der Waals surface area contributed by atoms with Crippen molar-refractivity contribution in [2.75, 3.05) is 11.9 Å². The number of fused-ring (bicyclic) bond motifs is 1. The third-order valence-corrected chi connectivity index (χ3v) is 4.85. The molecule has 1 aliphatic rings. The molecule has 0 saturated heterocycles. The number of benzene rings is 1. The van der Waals surface area contributed by atoms with Crippen molar-refractivity contribution in [1.29, 1.82) is 0 Å². The SMILES string of the molecule is CCCCCCCCCCCCNC(=O)Nc1ccc2c(c1)C=CC2. The number of nitrogens with one attached hydrogen (secondary N) is 2. The molecule has 1 aromatic carbocycles. The van der Waals surface area contributed by atoms with Gasteiger partial charge in [0, 0.05) is 12.2 Å². The lowest BCUT2D eigenvalue weighted by Gasteiger charge is -2.09. The minimum atomic E-state index is -0.0992. The Morgan fingerprint density at radius 1 is 0.960 bits per heavy atom. The zero-order chi connectivity index (χ0) is 17.7. The summed E-state index contributed by atoms with van der Waals surface area (Å²) >= 11 is 0. The number of hydrogen-bond donors (Lipinski definition) is 2. The molecule has 0 bridgehead atoms. The summed E-state index contributed by atoms with van der Waals surface area (Å²) in [5.74, 6) is 0. The van der Waals surface area contributed by atoms with Crippen molar-refractivity contribution in [2.24, 2.45) is 0 Å². The summed E-state index contributed by atoms with van der Waals surface area (Å²) in [6.45, 7) is 3.02. The molecule has 0 aromatic heterocycles. The highest BCUT2D eigenvalue weighted by Crippen LogP contribution is 2.22. The number of anilines is 1.